The van der Waals surface area contributed by atoms with Crippen LogP contribution >= 0.6 is 11.6 Å². The number of H-pyrrole nitrogens is 1. The number of nitrogens with one attached hydrogen (secondary N) is 2. The first-order valence-electron chi connectivity index (χ1n) is 11.3. The molecule has 0 aliphatic carbocycles. The zero-order chi connectivity index (χ0) is 21.8. The number of rotatable bonds is 5. The number of nitrogens with zero attached hydrogens (tertiary/aromatic N) is 4. The van der Waals surface area contributed by atoms with E-state index in [-0.39, 0.29) is 11.9 Å². The number of hydrogen-bond acceptors (Lipinski definition) is 3. The maximum atomic E-state index is 12.7. The number of piperazine rings is 1. The highest BCUT2D eigenvalue weighted by atomic mass is 35.5. The Morgan fingerprint density at radius 3 is 2.61 bits per heavy atom. The average Bonchev–Trinajstić information content (AvgIpc) is 3.46. The fourth-order valence-corrected chi connectivity index (χ4v) is 4.85. The molecule has 2 N–H and O–H groups in total. The van der Waals surface area contributed by atoms with Crippen LogP contribution in [-0.2, 0) is 11.2 Å². The summed E-state index contributed by atoms with van der Waals surface area (Å²) in [5, 5.41) is 5.44. The molecule has 2 fully saturated rings. The van der Waals surface area contributed by atoms with Crippen LogP contribution in [0.2, 0.25) is 5.02 Å². The quantitative estimate of drug-likeness (QED) is 0.549. The fourth-order valence-electron chi connectivity index (χ4n) is 4.68. The molecular formula is C23H33ClN6O. The van der Waals surface area contributed by atoms with E-state index < -0.39 is 0 Å². The second-order valence-corrected chi connectivity index (χ2v) is 8.90. The summed E-state index contributed by atoms with van der Waals surface area (Å²) >= 11 is 6.16. The first-order chi connectivity index (χ1) is 15.1. The van der Waals surface area contributed by atoms with Gasteiger partial charge in [0.05, 0.1) is 6.04 Å². The predicted molar refractivity (Wildman–Crippen MR) is 127 cm³/mol. The van der Waals surface area contributed by atoms with Crippen LogP contribution in [0.1, 0.15) is 25.3 Å². The number of fused-ring (bicyclic) bond motifs is 1. The standard InChI is InChI=1S/C23H33ClN6O/c1-17(22(31)29-9-3-4-10-29)28-11-13-30(14-12-28)23(25-2)26-8-7-18-16-27-21-6-5-19(24)15-20(18)21/h5-6,15-17,27H,3-4,7-14H2,1-2H3,(H,25,26). The molecule has 31 heavy (non-hydrogen) atoms. The number of carbonyl (C=O) groups is 1. The highest BCUT2D eigenvalue weighted by Gasteiger charge is 2.30. The van der Waals surface area contributed by atoms with E-state index in [0.29, 0.717) is 0 Å². The molecular weight excluding hydrogens is 412 g/mol. The van der Waals surface area contributed by atoms with Crippen molar-refractivity contribution in [1.29, 1.82) is 0 Å². The van der Waals surface area contributed by atoms with Crippen molar-refractivity contribution in [1.82, 2.24) is 25.0 Å². The van der Waals surface area contributed by atoms with Crippen molar-refractivity contribution >= 4 is 34.4 Å². The van der Waals surface area contributed by atoms with Crippen molar-refractivity contribution in [3.8, 4) is 0 Å². The lowest BCUT2D eigenvalue weighted by Crippen LogP contribution is -2.57. The van der Waals surface area contributed by atoms with E-state index in [1.165, 1.54) is 10.9 Å². The average molecular weight is 445 g/mol. The van der Waals surface area contributed by atoms with Gasteiger partial charge in [-0.3, -0.25) is 14.7 Å². The molecule has 2 aliphatic rings. The van der Waals surface area contributed by atoms with Gasteiger partial charge in [0.1, 0.15) is 0 Å². The van der Waals surface area contributed by atoms with Gasteiger partial charge in [0.25, 0.3) is 0 Å². The van der Waals surface area contributed by atoms with Gasteiger partial charge in [-0.05, 0) is 49.9 Å². The number of carbonyl (C=O) groups excluding carboxylic acids is 1. The SMILES string of the molecule is CN=C(NCCc1c[nH]c2ccc(Cl)cc12)N1CCN(C(C)C(=O)N2CCCC2)CC1. The number of likely N-dealkylation sites (tertiary alicyclic amines) is 1. The summed E-state index contributed by atoms with van der Waals surface area (Å²) in [7, 11) is 1.83. The first kappa shape index (κ1) is 22.0. The zero-order valence-electron chi connectivity index (χ0n) is 18.5. The smallest absolute Gasteiger partial charge is 0.239 e. The molecule has 1 aromatic carbocycles. The maximum absolute atomic E-state index is 12.7. The van der Waals surface area contributed by atoms with Gasteiger partial charge in [-0.2, -0.15) is 0 Å². The van der Waals surface area contributed by atoms with Crippen molar-refractivity contribution < 1.29 is 4.79 Å². The molecule has 2 aromatic rings. The summed E-state index contributed by atoms with van der Waals surface area (Å²) in [6.07, 6.45) is 5.23. The van der Waals surface area contributed by atoms with Crippen molar-refractivity contribution in [2.24, 2.45) is 4.99 Å². The Labute approximate surface area is 189 Å². The predicted octanol–water partition coefficient (Wildman–Crippen LogP) is 2.57. The Hall–Kier alpha value is -2.25. The number of hydrogen-bond donors (Lipinski definition) is 2. The Morgan fingerprint density at radius 2 is 1.90 bits per heavy atom. The van der Waals surface area contributed by atoms with Gasteiger partial charge in [-0.15, -0.1) is 0 Å². The number of aliphatic imine (C=N–C) groups is 1. The van der Waals surface area contributed by atoms with Crippen molar-refractivity contribution in [2.75, 3.05) is 52.9 Å². The summed E-state index contributed by atoms with van der Waals surface area (Å²) in [5.74, 6) is 1.21. The van der Waals surface area contributed by atoms with E-state index in [0.717, 1.165) is 81.6 Å². The number of amides is 1. The van der Waals surface area contributed by atoms with Crippen LogP contribution in [0.25, 0.3) is 10.9 Å². The maximum Gasteiger partial charge on any atom is 0.239 e. The molecule has 1 amide bonds. The molecule has 1 atom stereocenters. The lowest BCUT2D eigenvalue weighted by Gasteiger charge is -2.39. The van der Waals surface area contributed by atoms with Crippen LogP contribution in [-0.4, -0.2) is 90.5 Å². The molecule has 1 aromatic heterocycles. The van der Waals surface area contributed by atoms with Crippen molar-refractivity contribution in [3.05, 3.63) is 35.0 Å². The Kier molecular flexibility index (Phi) is 7.02. The van der Waals surface area contributed by atoms with Crippen molar-refractivity contribution in [3.63, 3.8) is 0 Å². The summed E-state index contributed by atoms with van der Waals surface area (Å²) < 4.78 is 0. The van der Waals surface area contributed by atoms with Gasteiger partial charge in [0.2, 0.25) is 5.91 Å². The minimum absolute atomic E-state index is 0.0380. The van der Waals surface area contributed by atoms with Crippen molar-refractivity contribution in [2.45, 2.75) is 32.2 Å². The van der Waals surface area contributed by atoms with Crippen LogP contribution in [0, 0.1) is 0 Å². The normalized spacial score (nSPS) is 19.3. The molecule has 0 bridgehead atoms. The lowest BCUT2D eigenvalue weighted by atomic mass is 10.1. The number of halogens is 1. The molecule has 7 nitrogen and oxygen atoms in total. The van der Waals surface area contributed by atoms with Gasteiger partial charge >= 0.3 is 0 Å². The number of benzene rings is 1. The van der Waals surface area contributed by atoms with E-state index in [1.54, 1.807) is 0 Å². The number of aromatic nitrogens is 1. The highest BCUT2D eigenvalue weighted by Crippen LogP contribution is 2.22. The molecule has 168 valence electrons. The minimum Gasteiger partial charge on any atom is -0.361 e. The van der Waals surface area contributed by atoms with Gasteiger partial charge in [0, 0.05) is 75.0 Å². The molecule has 2 saturated heterocycles. The first-order valence-corrected chi connectivity index (χ1v) is 11.7. The third kappa shape index (κ3) is 4.99. The third-order valence-electron chi connectivity index (χ3n) is 6.56. The largest absolute Gasteiger partial charge is 0.361 e. The second kappa shape index (κ2) is 9.92. The minimum atomic E-state index is -0.0380. The summed E-state index contributed by atoms with van der Waals surface area (Å²) in [6.45, 7) is 8.20. The molecule has 0 spiro atoms. The van der Waals surface area contributed by atoms with E-state index in [4.69, 9.17) is 11.6 Å². The molecule has 1 unspecified atom stereocenters. The van der Waals surface area contributed by atoms with E-state index in [2.05, 4.69) is 38.2 Å². The van der Waals surface area contributed by atoms with Gasteiger partial charge in [-0.1, -0.05) is 11.6 Å². The molecule has 0 saturated carbocycles. The molecule has 8 heteroatoms. The summed E-state index contributed by atoms with van der Waals surface area (Å²) in [5.41, 5.74) is 2.36. The second-order valence-electron chi connectivity index (χ2n) is 8.46. The summed E-state index contributed by atoms with van der Waals surface area (Å²) in [4.78, 5) is 27.1. The Bertz CT molecular complexity index is 927. The molecule has 0 radical (unpaired) electrons. The highest BCUT2D eigenvalue weighted by molar-refractivity contribution is 6.31. The van der Waals surface area contributed by atoms with Crippen LogP contribution in [0.3, 0.4) is 0 Å². The van der Waals surface area contributed by atoms with Gasteiger partial charge in [0.15, 0.2) is 5.96 Å². The van der Waals surface area contributed by atoms with Crippen LogP contribution in [0.5, 0.6) is 0 Å². The number of aromatic amines is 1. The van der Waals surface area contributed by atoms with E-state index >= 15 is 0 Å². The number of guanidine groups is 1. The van der Waals surface area contributed by atoms with Crippen LogP contribution in [0.4, 0.5) is 0 Å². The molecule has 2 aliphatic heterocycles. The van der Waals surface area contributed by atoms with Gasteiger partial charge < -0.3 is 20.1 Å². The Balaban J connectivity index is 1.26. The molecule has 3 heterocycles. The monoisotopic (exact) mass is 444 g/mol. The molecule has 4 rings (SSSR count). The zero-order valence-corrected chi connectivity index (χ0v) is 19.3. The third-order valence-corrected chi connectivity index (χ3v) is 6.79. The van der Waals surface area contributed by atoms with Crippen LogP contribution < -0.4 is 5.32 Å². The van der Waals surface area contributed by atoms with Crippen LogP contribution in [0.15, 0.2) is 29.4 Å². The Morgan fingerprint density at radius 1 is 1.16 bits per heavy atom. The van der Waals surface area contributed by atoms with E-state index in [1.807, 2.05) is 30.1 Å². The topological polar surface area (TPSA) is 67.0 Å². The lowest BCUT2D eigenvalue weighted by molar-refractivity contribution is -0.135. The van der Waals surface area contributed by atoms with E-state index in [9.17, 15) is 4.79 Å². The van der Waals surface area contributed by atoms with Gasteiger partial charge in [-0.25, -0.2) is 0 Å². The summed E-state index contributed by atoms with van der Waals surface area (Å²) in [6, 6.07) is 5.90. The fraction of sp³-hybridized carbons (Fsp3) is 0.565.